The van der Waals surface area contributed by atoms with Gasteiger partial charge in [-0.25, -0.2) is 4.39 Å². The molecular formula is C16H16FN3. The van der Waals surface area contributed by atoms with Crippen molar-refractivity contribution >= 4 is 5.69 Å². The van der Waals surface area contributed by atoms with Gasteiger partial charge in [-0.2, -0.15) is 5.26 Å². The van der Waals surface area contributed by atoms with Gasteiger partial charge in [-0.3, -0.25) is 0 Å². The first-order valence-electron chi connectivity index (χ1n) is 6.27. The summed E-state index contributed by atoms with van der Waals surface area (Å²) >= 11 is 0. The minimum Gasteiger partial charge on any atom is -0.371 e. The van der Waals surface area contributed by atoms with Crippen LogP contribution in [-0.2, 0) is 5.54 Å². The summed E-state index contributed by atoms with van der Waals surface area (Å²) in [5, 5.41) is 9.41. The van der Waals surface area contributed by atoms with Crippen molar-refractivity contribution in [2.45, 2.75) is 5.54 Å². The molecule has 102 valence electrons. The third-order valence-corrected chi connectivity index (χ3v) is 3.22. The highest BCUT2D eigenvalue weighted by Gasteiger charge is 2.29. The second-order valence-electron chi connectivity index (χ2n) is 4.79. The van der Waals surface area contributed by atoms with E-state index in [9.17, 15) is 9.65 Å². The summed E-state index contributed by atoms with van der Waals surface area (Å²) in [7, 11) is 1.79. The fourth-order valence-electron chi connectivity index (χ4n) is 2.11. The van der Waals surface area contributed by atoms with Crippen LogP contribution in [-0.4, -0.2) is 13.6 Å². The number of benzene rings is 2. The van der Waals surface area contributed by atoms with E-state index < -0.39 is 5.54 Å². The van der Waals surface area contributed by atoms with Gasteiger partial charge in [0.15, 0.2) is 0 Å². The molecule has 0 saturated heterocycles. The van der Waals surface area contributed by atoms with E-state index in [-0.39, 0.29) is 12.4 Å². The second-order valence-corrected chi connectivity index (χ2v) is 4.79. The van der Waals surface area contributed by atoms with E-state index in [0.29, 0.717) is 5.69 Å². The van der Waals surface area contributed by atoms with Gasteiger partial charge in [0, 0.05) is 12.7 Å². The Bertz CT molecular complexity index is 621. The molecule has 0 radical (unpaired) electrons. The van der Waals surface area contributed by atoms with E-state index in [0.717, 1.165) is 5.56 Å². The summed E-state index contributed by atoms with van der Waals surface area (Å²) in [5.41, 5.74) is 6.49. The van der Waals surface area contributed by atoms with Crippen LogP contribution in [0.3, 0.4) is 0 Å². The molecule has 0 aliphatic heterocycles. The molecule has 2 rings (SSSR count). The molecule has 1 unspecified atom stereocenters. The first-order chi connectivity index (χ1) is 9.55. The summed E-state index contributed by atoms with van der Waals surface area (Å²) in [5.74, 6) is -0.311. The molecule has 0 fully saturated rings. The molecule has 0 aromatic heterocycles. The zero-order valence-corrected chi connectivity index (χ0v) is 11.3. The number of nitrogens with zero attached hydrogens (tertiary/aromatic N) is 2. The zero-order valence-electron chi connectivity index (χ0n) is 11.3. The first kappa shape index (κ1) is 14.0. The van der Waals surface area contributed by atoms with Crippen molar-refractivity contribution < 1.29 is 4.39 Å². The fourth-order valence-corrected chi connectivity index (χ4v) is 2.11. The lowest BCUT2D eigenvalue weighted by atomic mass is 9.92. The summed E-state index contributed by atoms with van der Waals surface area (Å²) in [6.07, 6.45) is 0. The van der Waals surface area contributed by atoms with Crippen molar-refractivity contribution in [1.82, 2.24) is 0 Å². The number of anilines is 1. The maximum Gasteiger partial charge on any atom is 0.147 e. The highest BCUT2D eigenvalue weighted by Crippen LogP contribution is 2.22. The van der Waals surface area contributed by atoms with E-state index in [4.69, 9.17) is 5.73 Å². The van der Waals surface area contributed by atoms with Crippen molar-refractivity contribution in [3.05, 3.63) is 66.0 Å². The number of likely N-dealkylation sites (N-methyl/N-ethyl adjacent to an activating group) is 1. The molecule has 2 N–H and O–H groups in total. The Morgan fingerprint density at radius 3 is 2.50 bits per heavy atom. The van der Waals surface area contributed by atoms with Gasteiger partial charge in [-0.15, -0.1) is 0 Å². The summed E-state index contributed by atoms with van der Waals surface area (Å²) in [6, 6.07) is 17.6. The van der Waals surface area contributed by atoms with Crippen LogP contribution in [0.5, 0.6) is 0 Å². The number of nitriles is 1. The highest BCUT2D eigenvalue weighted by molar-refractivity contribution is 5.47. The van der Waals surface area contributed by atoms with Crippen LogP contribution in [0.25, 0.3) is 0 Å². The molecule has 0 bridgehead atoms. The Balaban J connectivity index is 2.25. The van der Waals surface area contributed by atoms with Gasteiger partial charge >= 0.3 is 0 Å². The van der Waals surface area contributed by atoms with Gasteiger partial charge in [0.1, 0.15) is 11.4 Å². The van der Waals surface area contributed by atoms with Crippen LogP contribution >= 0.6 is 0 Å². The van der Waals surface area contributed by atoms with Crippen LogP contribution in [0, 0.1) is 17.1 Å². The molecule has 1 atom stereocenters. The number of hydrogen-bond donors (Lipinski definition) is 1. The lowest BCUT2D eigenvalue weighted by molar-refractivity contribution is 0.569. The predicted octanol–water partition coefficient (Wildman–Crippen LogP) is 2.64. The standard InChI is InChI=1S/C16H16FN3/c1-20(15-9-5-8-14(17)10-15)12-16(19,11-18)13-6-3-2-4-7-13/h2-10H,12,19H2,1H3. The van der Waals surface area contributed by atoms with Crippen molar-refractivity contribution in [3.8, 4) is 6.07 Å². The van der Waals surface area contributed by atoms with Crippen LogP contribution in [0.2, 0.25) is 0 Å². The van der Waals surface area contributed by atoms with Crippen LogP contribution in [0.15, 0.2) is 54.6 Å². The molecule has 0 spiro atoms. The average molecular weight is 269 g/mol. The van der Waals surface area contributed by atoms with Gasteiger partial charge in [0.25, 0.3) is 0 Å². The Labute approximate surface area is 118 Å². The van der Waals surface area contributed by atoms with E-state index in [1.54, 1.807) is 24.1 Å². The SMILES string of the molecule is CN(CC(N)(C#N)c1ccccc1)c1cccc(F)c1. The topological polar surface area (TPSA) is 53.0 Å². The molecule has 0 amide bonds. The maximum atomic E-state index is 13.2. The van der Waals surface area contributed by atoms with E-state index in [2.05, 4.69) is 6.07 Å². The third kappa shape index (κ3) is 2.95. The smallest absolute Gasteiger partial charge is 0.147 e. The molecular weight excluding hydrogens is 253 g/mol. The summed E-state index contributed by atoms with van der Waals surface area (Å²) < 4.78 is 13.2. The molecule has 0 aliphatic rings. The lowest BCUT2D eigenvalue weighted by Crippen LogP contribution is -2.45. The van der Waals surface area contributed by atoms with Gasteiger partial charge in [-0.1, -0.05) is 36.4 Å². The van der Waals surface area contributed by atoms with Gasteiger partial charge in [0.2, 0.25) is 0 Å². The minimum atomic E-state index is -1.14. The maximum absolute atomic E-state index is 13.2. The molecule has 0 aliphatic carbocycles. The Morgan fingerprint density at radius 1 is 1.20 bits per heavy atom. The molecule has 2 aromatic carbocycles. The largest absolute Gasteiger partial charge is 0.371 e. The normalized spacial score (nSPS) is 13.3. The van der Waals surface area contributed by atoms with Crippen molar-refractivity contribution in [2.24, 2.45) is 5.73 Å². The van der Waals surface area contributed by atoms with Crippen molar-refractivity contribution in [2.75, 3.05) is 18.5 Å². The number of halogens is 1. The first-order valence-corrected chi connectivity index (χ1v) is 6.27. The third-order valence-electron chi connectivity index (χ3n) is 3.22. The molecule has 20 heavy (non-hydrogen) atoms. The molecule has 0 heterocycles. The number of nitrogens with two attached hydrogens (primary N) is 1. The van der Waals surface area contributed by atoms with Crippen molar-refractivity contribution in [3.63, 3.8) is 0 Å². The Hall–Kier alpha value is -2.38. The average Bonchev–Trinajstić information content (AvgIpc) is 2.48. The minimum absolute atomic E-state index is 0.275. The quantitative estimate of drug-likeness (QED) is 0.928. The monoisotopic (exact) mass is 269 g/mol. The van der Waals surface area contributed by atoms with Gasteiger partial charge < -0.3 is 10.6 Å². The van der Waals surface area contributed by atoms with Crippen molar-refractivity contribution in [1.29, 1.82) is 5.26 Å². The molecule has 4 heteroatoms. The number of rotatable bonds is 4. The molecule has 0 saturated carbocycles. The second kappa shape index (κ2) is 5.72. The van der Waals surface area contributed by atoms with E-state index >= 15 is 0 Å². The van der Waals surface area contributed by atoms with E-state index in [1.165, 1.54) is 12.1 Å². The summed E-state index contributed by atoms with van der Waals surface area (Å²) in [4.78, 5) is 1.78. The zero-order chi connectivity index (χ0) is 14.6. The van der Waals surface area contributed by atoms with Gasteiger partial charge in [0.05, 0.1) is 12.6 Å². The van der Waals surface area contributed by atoms with E-state index in [1.807, 2.05) is 30.3 Å². The lowest BCUT2D eigenvalue weighted by Gasteiger charge is -2.29. The molecule has 3 nitrogen and oxygen atoms in total. The van der Waals surface area contributed by atoms with Gasteiger partial charge in [-0.05, 0) is 23.8 Å². The fraction of sp³-hybridized carbons (Fsp3) is 0.188. The number of hydrogen-bond acceptors (Lipinski definition) is 3. The van der Waals surface area contributed by atoms with Crippen LogP contribution in [0.1, 0.15) is 5.56 Å². The Kier molecular flexibility index (Phi) is 4.02. The highest BCUT2D eigenvalue weighted by atomic mass is 19.1. The molecule has 2 aromatic rings. The predicted molar refractivity (Wildman–Crippen MR) is 77.6 cm³/mol. The van der Waals surface area contributed by atoms with Crippen LogP contribution in [0.4, 0.5) is 10.1 Å². The summed E-state index contributed by atoms with van der Waals surface area (Å²) in [6.45, 7) is 0.275. The van der Waals surface area contributed by atoms with Crippen LogP contribution < -0.4 is 10.6 Å². The Morgan fingerprint density at radius 2 is 1.90 bits per heavy atom.